The van der Waals surface area contributed by atoms with Crippen LogP contribution >= 0.6 is 11.6 Å². The zero-order valence-electron chi connectivity index (χ0n) is 9.53. The molecule has 0 heterocycles. The maximum atomic E-state index is 11.8. The largest absolute Gasteiger partial charge is 0.354 e. The van der Waals surface area contributed by atoms with E-state index in [0.29, 0.717) is 5.92 Å². The third kappa shape index (κ3) is 2.38. The number of amides is 1. The molecule has 2 unspecified atom stereocenters. The number of hydrogen-bond acceptors (Lipinski definition) is 1. The van der Waals surface area contributed by atoms with Gasteiger partial charge in [0.15, 0.2) is 0 Å². The number of carbonyl (C=O) groups excluding carboxylic acids is 1. The van der Waals surface area contributed by atoms with Gasteiger partial charge in [0.25, 0.3) is 0 Å². The van der Waals surface area contributed by atoms with Gasteiger partial charge in [-0.3, -0.25) is 4.79 Å². The highest BCUT2D eigenvalue weighted by Crippen LogP contribution is 2.49. The summed E-state index contributed by atoms with van der Waals surface area (Å²) in [6.07, 6.45) is 0.919. The molecular formula is C13H16ClNO. The summed E-state index contributed by atoms with van der Waals surface area (Å²) in [5.74, 6) is 0.578. The molecule has 1 saturated carbocycles. The lowest BCUT2D eigenvalue weighted by atomic mass is 10.1. The predicted octanol–water partition coefficient (Wildman–Crippen LogP) is 2.97. The van der Waals surface area contributed by atoms with Crippen LogP contribution in [0, 0.1) is 5.92 Å². The van der Waals surface area contributed by atoms with Gasteiger partial charge in [0.2, 0.25) is 5.91 Å². The number of benzene rings is 1. The first-order chi connectivity index (χ1) is 7.59. The zero-order valence-corrected chi connectivity index (χ0v) is 10.3. The highest BCUT2D eigenvalue weighted by Gasteiger charge is 2.44. The summed E-state index contributed by atoms with van der Waals surface area (Å²) in [6.45, 7) is 3.95. The SMILES string of the molecule is CC(C)NC(=O)C1CC1c1ccccc1Cl. The maximum Gasteiger partial charge on any atom is 0.223 e. The van der Waals surface area contributed by atoms with E-state index in [0.717, 1.165) is 17.0 Å². The molecule has 0 radical (unpaired) electrons. The van der Waals surface area contributed by atoms with Crippen LogP contribution < -0.4 is 5.32 Å². The number of carbonyl (C=O) groups is 1. The quantitative estimate of drug-likeness (QED) is 0.861. The summed E-state index contributed by atoms with van der Waals surface area (Å²) in [5.41, 5.74) is 1.10. The molecule has 0 bridgehead atoms. The van der Waals surface area contributed by atoms with E-state index in [-0.39, 0.29) is 17.9 Å². The molecule has 2 atom stereocenters. The molecule has 1 aliphatic rings. The lowest BCUT2D eigenvalue weighted by molar-refractivity contribution is -0.122. The van der Waals surface area contributed by atoms with Gasteiger partial charge < -0.3 is 5.32 Å². The van der Waals surface area contributed by atoms with Crippen molar-refractivity contribution in [3.8, 4) is 0 Å². The molecule has 1 amide bonds. The second-order valence-corrected chi connectivity index (χ2v) is 5.04. The van der Waals surface area contributed by atoms with Gasteiger partial charge in [-0.1, -0.05) is 29.8 Å². The molecule has 0 aliphatic heterocycles. The van der Waals surface area contributed by atoms with E-state index in [1.165, 1.54) is 0 Å². The van der Waals surface area contributed by atoms with Gasteiger partial charge in [0.1, 0.15) is 0 Å². The number of hydrogen-bond donors (Lipinski definition) is 1. The molecule has 2 rings (SSSR count). The van der Waals surface area contributed by atoms with Gasteiger partial charge in [-0.2, -0.15) is 0 Å². The van der Waals surface area contributed by atoms with Crippen LogP contribution in [0.4, 0.5) is 0 Å². The summed E-state index contributed by atoms with van der Waals surface area (Å²) in [7, 11) is 0. The molecule has 1 aromatic carbocycles. The minimum atomic E-state index is 0.113. The number of halogens is 1. The Kier molecular flexibility index (Phi) is 3.20. The van der Waals surface area contributed by atoms with Gasteiger partial charge in [-0.05, 0) is 37.8 Å². The van der Waals surface area contributed by atoms with Crippen molar-refractivity contribution in [2.24, 2.45) is 5.92 Å². The Balaban J connectivity index is 2.02. The van der Waals surface area contributed by atoms with Crippen LogP contribution in [0.25, 0.3) is 0 Å². The molecule has 3 heteroatoms. The topological polar surface area (TPSA) is 29.1 Å². The van der Waals surface area contributed by atoms with E-state index < -0.39 is 0 Å². The molecule has 0 aromatic heterocycles. The summed E-state index contributed by atoms with van der Waals surface area (Å²) in [5, 5.41) is 3.71. The number of nitrogens with one attached hydrogen (secondary N) is 1. The second-order valence-electron chi connectivity index (χ2n) is 4.63. The van der Waals surface area contributed by atoms with E-state index >= 15 is 0 Å². The molecule has 86 valence electrons. The maximum absolute atomic E-state index is 11.8. The zero-order chi connectivity index (χ0) is 11.7. The van der Waals surface area contributed by atoms with Crippen molar-refractivity contribution < 1.29 is 4.79 Å². The van der Waals surface area contributed by atoms with Gasteiger partial charge >= 0.3 is 0 Å². The third-order valence-electron chi connectivity index (χ3n) is 2.86. The molecular weight excluding hydrogens is 222 g/mol. The van der Waals surface area contributed by atoms with Gasteiger partial charge in [-0.15, -0.1) is 0 Å². The molecule has 16 heavy (non-hydrogen) atoms. The van der Waals surface area contributed by atoms with Crippen LogP contribution in [-0.2, 0) is 4.79 Å². The Hall–Kier alpha value is -1.02. The molecule has 1 aliphatic carbocycles. The Bertz CT molecular complexity index is 403. The van der Waals surface area contributed by atoms with Crippen molar-refractivity contribution in [1.82, 2.24) is 5.32 Å². The Morgan fingerprint density at radius 1 is 1.44 bits per heavy atom. The molecule has 1 aromatic rings. The lowest BCUT2D eigenvalue weighted by Gasteiger charge is -2.08. The highest BCUT2D eigenvalue weighted by molar-refractivity contribution is 6.31. The van der Waals surface area contributed by atoms with E-state index in [4.69, 9.17) is 11.6 Å². The van der Waals surface area contributed by atoms with Crippen LogP contribution in [0.2, 0.25) is 5.02 Å². The predicted molar refractivity (Wildman–Crippen MR) is 65.6 cm³/mol. The van der Waals surface area contributed by atoms with Crippen molar-refractivity contribution in [2.45, 2.75) is 32.2 Å². The third-order valence-corrected chi connectivity index (χ3v) is 3.21. The first-order valence-corrected chi connectivity index (χ1v) is 6.02. The van der Waals surface area contributed by atoms with Crippen LogP contribution in [0.5, 0.6) is 0 Å². The van der Waals surface area contributed by atoms with Crippen molar-refractivity contribution >= 4 is 17.5 Å². The lowest BCUT2D eigenvalue weighted by Crippen LogP contribution is -2.31. The van der Waals surface area contributed by atoms with E-state index in [1.54, 1.807) is 0 Å². The second kappa shape index (κ2) is 4.46. The Morgan fingerprint density at radius 2 is 2.12 bits per heavy atom. The summed E-state index contributed by atoms with van der Waals surface area (Å²) in [6, 6.07) is 7.98. The van der Waals surface area contributed by atoms with E-state index in [1.807, 2.05) is 38.1 Å². The molecule has 2 nitrogen and oxygen atoms in total. The smallest absolute Gasteiger partial charge is 0.223 e. The standard InChI is InChI=1S/C13H16ClNO/c1-8(2)15-13(16)11-7-10(11)9-5-3-4-6-12(9)14/h3-6,8,10-11H,7H2,1-2H3,(H,15,16). The Morgan fingerprint density at radius 3 is 2.75 bits per heavy atom. The fraction of sp³-hybridized carbons (Fsp3) is 0.462. The first-order valence-electron chi connectivity index (χ1n) is 5.64. The summed E-state index contributed by atoms with van der Waals surface area (Å²) >= 11 is 6.10. The van der Waals surface area contributed by atoms with E-state index in [9.17, 15) is 4.79 Å². The van der Waals surface area contributed by atoms with Crippen molar-refractivity contribution in [2.75, 3.05) is 0 Å². The minimum Gasteiger partial charge on any atom is -0.354 e. The fourth-order valence-electron chi connectivity index (χ4n) is 2.00. The van der Waals surface area contributed by atoms with Crippen LogP contribution in [0.3, 0.4) is 0 Å². The molecule has 0 saturated heterocycles. The average Bonchev–Trinajstić information content (AvgIpc) is 2.97. The van der Waals surface area contributed by atoms with Gasteiger partial charge in [0, 0.05) is 17.0 Å². The van der Waals surface area contributed by atoms with Crippen molar-refractivity contribution in [3.63, 3.8) is 0 Å². The van der Waals surface area contributed by atoms with E-state index in [2.05, 4.69) is 5.32 Å². The monoisotopic (exact) mass is 237 g/mol. The fourth-order valence-corrected chi connectivity index (χ4v) is 2.27. The molecule has 1 N–H and O–H groups in total. The van der Waals surface area contributed by atoms with Gasteiger partial charge in [-0.25, -0.2) is 0 Å². The Labute approximate surface area is 101 Å². The minimum absolute atomic E-state index is 0.113. The molecule has 1 fully saturated rings. The highest BCUT2D eigenvalue weighted by atomic mass is 35.5. The summed E-state index contributed by atoms with van der Waals surface area (Å²) < 4.78 is 0. The van der Waals surface area contributed by atoms with Crippen LogP contribution in [0.1, 0.15) is 31.7 Å². The van der Waals surface area contributed by atoms with Crippen LogP contribution in [0.15, 0.2) is 24.3 Å². The normalized spacial score (nSPS) is 23.2. The average molecular weight is 238 g/mol. The van der Waals surface area contributed by atoms with Gasteiger partial charge in [0.05, 0.1) is 0 Å². The number of rotatable bonds is 3. The molecule has 0 spiro atoms. The first kappa shape index (κ1) is 11.5. The summed E-state index contributed by atoms with van der Waals surface area (Å²) in [4.78, 5) is 11.8. The van der Waals surface area contributed by atoms with Crippen molar-refractivity contribution in [3.05, 3.63) is 34.9 Å². The van der Waals surface area contributed by atoms with Crippen molar-refractivity contribution in [1.29, 1.82) is 0 Å². The van der Waals surface area contributed by atoms with Crippen LogP contribution in [-0.4, -0.2) is 11.9 Å².